The molecule has 2 rings (SSSR count). The summed E-state index contributed by atoms with van der Waals surface area (Å²) in [5, 5.41) is 3.45. The molecule has 2 aliphatic heterocycles. The second kappa shape index (κ2) is 14.2. The Morgan fingerprint density at radius 1 is 1.32 bits per heavy atom. The Balaban J connectivity index is 0.00000480. The first-order chi connectivity index (χ1) is 14.3. The highest BCUT2D eigenvalue weighted by Gasteiger charge is 2.27. The van der Waals surface area contributed by atoms with Gasteiger partial charge >= 0.3 is 6.09 Å². The molecule has 180 valence electrons. The van der Waals surface area contributed by atoms with E-state index in [9.17, 15) is 4.79 Å². The first kappa shape index (κ1) is 28.0. The van der Waals surface area contributed by atoms with Crippen molar-refractivity contribution < 1.29 is 14.3 Å². The third kappa shape index (κ3) is 10.4. The van der Waals surface area contributed by atoms with Crippen molar-refractivity contribution in [3.8, 4) is 0 Å². The largest absolute Gasteiger partial charge is 0.444 e. The van der Waals surface area contributed by atoms with Gasteiger partial charge in [0.05, 0.1) is 13.2 Å². The van der Waals surface area contributed by atoms with E-state index in [1.165, 1.54) is 5.57 Å². The van der Waals surface area contributed by atoms with Gasteiger partial charge in [0.2, 0.25) is 0 Å². The molecular weight excluding hydrogens is 507 g/mol. The maximum Gasteiger partial charge on any atom is 0.410 e. The molecule has 0 atom stereocenters. The van der Waals surface area contributed by atoms with Crippen molar-refractivity contribution in [1.29, 1.82) is 0 Å². The minimum Gasteiger partial charge on any atom is -0.444 e. The van der Waals surface area contributed by atoms with E-state index in [4.69, 9.17) is 14.5 Å². The van der Waals surface area contributed by atoms with Gasteiger partial charge in [-0.3, -0.25) is 4.99 Å². The molecule has 0 aromatic carbocycles. The van der Waals surface area contributed by atoms with Gasteiger partial charge in [-0.15, -0.1) is 24.0 Å². The standard InChI is InChI=1S/C23H42N4O3.HI/c1-6-24-21(25-13-8-19-11-16-29-17-12-19)27-14-9-20(10-15-27)18-26(7-2)22(28)30-23(3,4)5;/h11,20H,6-10,12-18H2,1-5H3,(H,24,25);1H. The van der Waals surface area contributed by atoms with Gasteiger partial charge in [-0.2, -0.15) is 0 Å². The highest BCUT2D eigenvalue weighted by atomic mass is 127. The number of carbonyl (C=O) groups is 1. The summed E-state index contributed by atoms with van der Waals surface area (Å²) < 4.78 is 10.9. The summed E-state index contributed by atoms with van der Waals surface area (Å²) in [6.45, 7) is 16.5. The number of aliphatic imine (C=N–C) groups is 1. The molecule has 1 saturated heterocycles. The Morgan fingerprint density at radius 3 is 2.58 bits per heavy atom. The van der Waals surface area contributed by atoms with Gasteiger partial charge < -0.3 is 24.6 Å². The summed E-state index contributed by atoms with van der Waals surface area (Å²) in [4.78, 5) is 21.5. The number of guanidine groups is 1. The van der Waals surface area contributed by atoms with Crippen LogP contribution in [0.2, 0.25) is 0 Å². The highest BCUT2D eigenvalue weighted by Crippen LogP contribution is 2.20. The molecule has 0 aromatic heterocycles. The number of ether oxygens (including phenoxy) is 2. The summed E-state index contributed by atoms with van der Waals surface area (Å²) in [5.41, 5.74) is 1.01. The first-order valence-corrected chi connectivity index (χ1v) is 11.6. The molecule has 0 aromatic rings. The summed E-state index contributed by atoms with van der Waals surface area (Å²) in [6.07, 6.45) is 6.16. The normalized spacial score (nSPS) is 18.2. The Hall–Kier alpha value is -1.03. The van der Waals surface area contributed by atoms with Gasteiger partial charge in [0.15, 0.2) is 5.96 Å². The molecule has 0 unspecified atom stereocenters. The molecule has 2 aliphatic rings. The van der Waals surface area contributed by atoms with Gasteiger partial charge in [-0.25, -0.2) is 4.79 Å². The number of halogens is 1. The van der Waals surface area contributed by atoms with Crippen LogP contribution in [0.3, 0.4) is 0 Å². The van der Waals surface area contributed by atoms with Crippen LogP contribution in [0, 0.1) is 5.92 Å². The minimum atomic E-state index is -0.453. The van der Waals surface area contributed by atoms with Crippen LogP contribution >= 0.6 is 24.0 Å². The fraction of sp³-hybridized carbons (Fsp3) is 0.826. The van der Waals surface area contributed by atoms with Gasteiger partial charge in [-0.05, 0) is 66.2 Å². The summed E-state index contributed by atoms with van der Waals surface area (Å²) >= 11 is 0. The van der Waals surface area contributed by atoms with Crippen LogP contribution in [-0.4, -0.2) is 79.9 Å². The Morgan fingerprint density at radius 2 is 2.03 bits per heavy atom. The van der Waals surface area contributed by atoms with Crippen molar-refractivity contribution in [2.24, 2.45) is 10.9 Å². The zero-order valence-corrected chi connectivity index (χ0v) is 22.4. The Kier molecular flexibility index (Phi) is 12.8. The van der Waals surface area contributed by atoms with Crippen LogP contribution in [0.15, 0.2) is 16.6 Å². The lowest BCUT2D eigenvalue weighted by molar-refractivity contribution is 0.0214. The average Bonchev–Trinajstić information content (AvgIpc) is 2.71. The maximum atomic E-state index is 12.4. The van der Waals surface area contributed by atoms with E-state index in [0.717, 1.165) is 77.6 Å². The maximum absolute atomic E-state index is 12.4. The van der Waals surface area contributed by atoms with E-state index >= 15 is 0 Å². The molecule has 1 amide bonds. The monoisotopic (exact) mass is 550 g/mol. The van der Waals surface area contributed by atoms with Crippen LogP contribution in [0.1, 0.15) is 60.3 Å². The predicted molar refractivity (Wildman–Crippen MR) is 137 cm³/mol. The number of rotatable bonds is 7. The van der Waals surface area contributed by atoms with Gasteiger partial charge in [-0.1, -0.05) is 11.6 Å². The van der Waals surface area contributed by atoms with Crippen molar-refractivity contribution in [3.05, 3.63) is 11.6 Å². The molecule has 0 spiro atoms. The first-order valence-electron chi connectivity index (χ1n) is 11.6. The van der Waals surface area contributed by atoms with Crippen molar-refractivity contribution in [2.45, 2.75) is 65.9 Å². The summed E-state index contributed by atoms with van der Waals surface area (Å²) in [7, 11) is 0. The third-order valence-electron chi connectivity index (χ3n) is 5.51. The fourth-order valence-electron chi connectivity index (χ4n) is 3.82. The van der Waals surface area contributed by atoms with Gasteiger partial charge in [0.25, 0.3) is 0 Å². The summed E-state index contributed by atoms with van der Waals surface area (Å²) in [6, 6.07) is 0. The number of hydrogen-bond acceptors (Lipinski definition) is 4. The van der Waals surface area contributed by atoms with Crippen LogP contribution in [0.25, 0.3) is 0 Å². The number of amides is 1. The average molecular weight is 551 g/mol. The van der Waals surface area contributed by atoms with Crippen LogP contribution in [0.5, 0.6) is 0 Å². The molecule has 0 bridgehead atoms. The number of piperidine rings is 1. The van der Waals surface area contributed by atoms with E-state index in [0.29, 0.717) is 12.5 Å². The Labute approximate surface area is 206 Å². The van der Waals surface area contributed by atoms with Crippen molar-refractivity contribution in [1.82, 2.24) is 15.1 Å². The second-order valence-electron chi connectivity index (χ2n) is 9.12. The SMILES string of the molecule is CCNC(=NCCC1=CCOCC1)N1CCC(CN(CC)C(=O)OC(C)(C)C)CC1.I. The molecule has 0 aliphatic carbocycles. The molecule has 2 heterocycles. The molecular formula is C23H43IN4O3. The van der Waals surface area contributed by atoms with Crippen molar-refractivity contribution >= 4 is 36.0 Å². The third-order valence-corrected chi connectivity index (χ3v) is 5.51. The van der Waals surface area contributed by atoms with Gasteiger partial charge in [0, 0.05) is 39.3 Å². The Bertz CT molecular complexity index is 596. The molecule has 0 radical (unpaired) electrons. The van der Waals surface area contributed by atoms with Crippen LogP contribution < -0.4 is 5.32 Å². The molecule has 0 saturated carbocycles. The number of carbonyl (C=O) groups excluding carboxylic acids is 1. The topological polar surface area (TPSA) is 66.4 Å². The molecule has 7 nitrogen and oxygen atoms in total. The molecule has 31 heavy (non-hydrogen) atoms. The lowest BCUT2D eigenvalue weighted by atomic mass is 9.96. The zero-order chi connectivity index (χ0) is 22.0. The minimum absolute atomic E-state index is 0. The van der Waals surface area contributed by atoms with Crippen LogP contribution in [0.4, 0.5) is 4.79 Å². The van der Waals surface area contributed by atoms with E-state index in [2.05, 4.69) is 23.2 Å². The zero-order valence-electron chi connectivity index (χ0n) is 20.1. The fourth-order valence-corrected chi connectivity index (χ4v) is 3.82. The van der Waals surface area contributed by atoms with E-state index < -0.39 is 5.60 Å². The molecule has 8 heteroatoms. The van der Waals surface area contributed by atoms with Crippen molar-refractivity contribution in [3.63, 3.8) is 0 Å². The number of hydrogen-bond donors (Lipinski definition) is 1. The second-order valence-corrected chi connectivity index (χ2v) is 9.12. The predicted octanol–water partition coefficient (Wildman–Crippen LogP) is 4.28. The van der Waals surface area contributed by atoms with Crippen LogP contribution in [-0.2, 0) is 9.47 Å². The summed E-state index contributed by atoms with van der Waals surface area (Å²) in [5.74, 6) is 1.52. The number of nitrogens with zero attached hydrogens (tertiary/aromatic N) is 3. The highest BCUT2D eigenvalue weighted by molar-refractivity contribution is 14.0. The lowest BCUT2D eigenvalue weighted by Crippen LogP contribution is -2.48. The van der Waals surface area contributed by atoms with E-state index in [-0.39, 0.29) is 30.1 Å². The number of likely N-dealkylation sites (tertiary alicyclic amines) is 1. The van der Waals surface area contributed by atoms with Gasteiger partial charge in [0.1, 0.15) is 5.60 Å². The van der Waals surface area contributed by atoms with E-state index in [1.54, 1.807) is 0 Å². The smallest absolute Gasteiger partial charge is 0.410 e. The van der Waals surface area contributed by atoms with Crippen molar-refractivity contribution in [2.75, 3.05) is 52.5 Å². The van der Waals surface area contributed by atoms with E-state index in [1.807, 2.05) is 32.6 Å². The lowest BCUT2D eigenvalue weighted by Gasteiger charge is -2.36. The number of nitrogens with one attached hydrogen (secondary N) is 1. The molecule has 1 fully saturated rings. The molecule has 1 N–H and O–H groups in total. The quantitative estimate of drug-likeness (QED) is 0.222.